The third-order valence-corrected chi connectivity index (χ3v) is 7.36. The molecule has 0 aliphatic heterocycles. The van der Waals surface area contributed by atoms with E-state index >= 15 is 0 Å². The number of aryl methyl sites for hydroxylation is 1. The second-order valence-corrected chi connectivity index (χ2v) is 9.79. The molecule has 1 N–H and O–H groups in total. The number of carbonyl (C=O) groups excluding carboxylic acids is 1. The van der Waals surface area contributed by atoms with Crippen LogP contribution in [0, 0.1) is 24.1 Å². The minimum absolute atomic E-state index is 0.0125. The lowest BCUT2D eigenvalue weighted by molar-refractivity contribution is -0.119. The summed E-state index contributed by atoms with van der Waals surface area (Å²) in [7, 11) is 0. The number of halogens is 1. The monoisotopic (exact) mass is 489 g/mol. The standard InChI is InChI=1S/C25H24FN7OS/c1-15-21(14-32(31-15)20-7-5-19(6-8-20)30-16(2)34)17-10-23(35-25-22(26)4-3-9-28-25)24-18(11-27)12-29-33(24)13-17/h3-4,9-10,12-14,19-20H,5-8H2,1-2H3,(H,30,34). The minimum Gasteiger partial charge on any atom is -0.354 e. The molecule has 1 saturated carbocycles. The Morgan fingerprint density at radius 2 is 2.09 bits per heavy atom. The van der Waals surface area contributed by atoms with Crippen molar-refractivity contribution in [2.24, 2.45) is 0 Å². The summed E-state index contributed by atoms with van der Waals surface area (Å²) in [6.07, 6.45) is 10.7. The molecular weight excluding hydrogens is 465 g/mol. The second-order valence-electron chi connectivity index (χ2n) is 8.76. The normalized spacial score (nSPS) is 17.9. The lowest BCUT2D eigenvalue weighted by atomic mass is 9.91. The van der Waals surface area contributed by atoms with E-state index in [0.29, 0.717) is 16.0 Å². The fourth-order valence-electron chi connectivity index (χ4n) is 4.67. The summed E-state index contributed by atoms with van der Waals surface area (Å²) in [5.74, 6) is -0.406. The predicted octanol–water partition coefficient (Wildman–Crippen LogP) is 4.68. The molecule has 0 saturated heterocycles. The van der Waals surface area contributed by atoms with E-state index in [9.17, 15) is 14.4 Å². The molecule has 0 unspecified atom stereocenters. The zero-order valence-electron chi connectivity index (χ0n) is 19.4. The van der Waals surface area contributed by atoms with Crippen LogP contribution in [-0.4, -0.2) is 36.3 Å². The summed E-state index contributed by atoms with van der Waals surface area (Å²) in [5, 5.41) is 22.0. The van der Waals surface area contributed by atoms with E-state index in [4.69, 9.17) is 5.10 Å². The van der Waals surface area contributed by atoms with Gasteiger partial charge in [0, 0.05) is 47.6 Å². The van der Waals surface area contributed by atoms with Crippen LogP contribution in [0.25, 0.3) is 16.6 Å². The molecule has 178 valence electrons. The quantitative estimate of drug-likeness (QED) is 0.437. The maximum atomic E-state index is 14.4. The van der Waals surface area contributed by atoms with Crippen LogP contribution in [0.4, 0.5) is 4.39 Å². The van der Waals surface area contributed by atoms with E-state index in [2.05, 4.69) is 21.5 Å². The molecule has 8 nitrogen and oxygen atoms in total. The maximum Gasteiger partial charge on any atom is 0.217 e. The summed E-state index contributed by atoms with van der Waals surface area (Å²) in [6, 6.07) is 7.52. The number of nitrogens with zero attached hydrogens (tertiary/aromatic N) is 6. The first-order valence-electron chi connectivity index (χ1n) is 11.5. The number of amides is 1. The van der Waals surface area contributed by atoms with Crippen LogP contribution in [0.5, 0.6) is 0 Å². The van der Waals surface area contributed by atoms with Gasteiger partial charge in [0.15, 0.2) is 5.82 Å². The average molecular weight is 490 g/mol. The topological polar surface area (TPSA) is 101 Å². The maximum absolute atomic E-state index is 14.4. The average Bonchev–Trinajstić information content (AvgIpc) is 3.44. The Bertz CT molecular complexity index is 1450. The van der Waals surface area contributed by atoms with Crippen LogP contribution < -0.4 is 5.32 Å². The van der Waals surface area contributed by atoms with Gasteiger partial charge >= 0.3 is 0 Å². The van der Waals surface area contributed by atoms with Crippen molar-refractivity contribution in [3.8, 4) is 17.2 Å². The molecule has 1 aliphatic rings. The Morgan fingerprint density at radius 3 is 2.80 bits per heavy atom. The van der Waals surface area contributed by atoms with E-state index in [1.54, 1.807) is 23.7 Å². The van der Waals surface area contributed by atoms with Gasteiger partial charge in [0.1, 0.15) is 11.1 Å². The van der Waals surface area contributed by atoms with Crippen molar-refractivity contribution >= 4 is 23.2 Å². The lowest BCUT2D eigenvalue weighted by Gasteiger charge is -2.29. The largest absolute Gasteiger partial charge is 0.354 e. The van der Waals surface area contributed by atoms with E-state index in [0.717, 1.165) is 42.5 Å². The molecule has 10 heteroatoms. The molecule has 4 aromatic rings. The third-order valence-electron chi connectivity index (χ3n) is 6.33. The molecule has 0 aromatic carbocycles. The van der Waals surface area contributed by atoms with E-state index in [1.807, 2.05) is 30.1 Å². The van der Waals surface area contributed by atoms with Crippen LogP contribution in [0.3, 0.4) is 0 Å². The molecule has 4 aromatic heterocycles. The Balaban J connectivity index is 1.49. The number of aromatic nitrogens is 5. The Morgan fingerprint density at radius 1 is 1.29 bits per heavy atom. The molecule has 35 heavy (non-hydrogen) atoms. The van der Waals surface area contributed by atoms with Crippen molar-refractivity contribution in [1.29, 1.82) is 5.26 Å². The van der Waals surface area contributed by atoms with Gasteiger partial charge in [-0.05, 0) is 50.8 Å². The first-order valence-corrected chi connectivity index (χ1v) is 12.3. The summed E-state index contributed by atoms with van der Waals surface area (Å²) in [6.45, 7) is 3.52. The van der Waals surface area contributed by atoms with Crippen LogP contribution in [0.15, 0.2) is 52.9 Å². The van der Waals surface area contributed by atoms with Gasteiger partial charge in [0.05, 0.1) is 29.0 Å². The number of hydrogen-bond donors (Lipinski definition) is 1. The van der Waals surface area contributed by atoms with Gasteiger partial charge in [-0.1, -0.05) is 11.8 Å². The number of nitriles is 1. The van der Waals surface area contributed by atoms with Gasteiger partial charge in [-0.15, -0.1) is 0 Å². The van der Waals surface area contributed by atoms with Crippen LogP contribution >= 0.6 is 11.8 Å². The Kier molecular flexibility index (Phi) is 6.26. The highest BCUT2D eigenvalue weighted by Crippen LogP contribution is 2.37. The number of carbonyl (C=O) groups is 1. The first-order chi connectivity index (χ1) is 16.9. The molecule has 0 spiro atoms. The van der Waals surface area contributed by atoms with Crippen molar-refractivity contribution in [3.05, 3.63) is 60.1 Å². The molecule has 1 aliphatic carbocycles. The Labute approximate surface area is 206 Å². The zero-order chi connectivity index (χ0) is 24.5. The number of fused-ring (bicyclic) bond motifs is 1. The van der Waals surface area contributed by atoms with Crippen LogP contribution in [0.2, 0.25) is 0 Å². The SMILES string of the molecule is CC(=O)NC1CCC(n2cc(-c3cc(Sc4ncccc4F)c4c(C#N)cnn4c3)c(C)n2)CC1. The van der Waals surface area contributed by atoms with Crippen LogP contribution in [-0.2, 0) is 4.79 Å². The van der Waals surface area contributed by atoms with E-state index in [-0.39, 0.29) is 23.0 Å². The number of pyridine rings is 2. The number of nitrogens with one attached hydrogen (secondary N) is 1. The van der Waals surface area contributed by atoms with Gasteiger partial charge in [-0.3, -0.25) is 9.48 Å². The van der Waals surface area contributed by atoms with Gasteiger partial charge in [0.25, 0.3) is 0 Å². The van der Waals surface area contributed by atoms with Gasteiger partial charge in [-0.25, -0.2) is 13.9 Å². The molecule has 0 radical (unpaired) electrons. The highest BCUT2D eigenvalue weighted by molar-refractivity contribution is 7.99. The van der Waals surface area contributed by atoms with Crippen molar-refractivity contribution in [3.63, 3.8) is 0 Å². The molecule has 4 heterocycles. The number of hydrogen-bond acceptors (Lipinski definition) is 6. The van der Waals surface area contributed by atoms with Gasteiger partial charge in [0.2, 0.25) is 5.91 Å². The smallest absolute Gasteiger partial charge is 0.217 e. The summed E-state index contributed by atoms with van der Waals surface area (Å²) >= 11 is 1.17. The predicted molar refractivity (Wildman–Crippen MR) is 129 cm³/mol. The molecular formula is C25H24FN7OS. The number of rotatable bonds is 5. The Hall–Kier alpha value is -3.71. The molecule has 1 fully saturated rings. The molecule has 0 bridgehead atoms. The first kappa shape index (κ1) is 23.1. The van der Waals surface area contributed by atoms with Crippen molar-refractivity contribution < 1.29 is 9.18 Å². The molecule has 5 rings (SSSR count). The van der Waals surface area contributed by atoms with E-state index < -0.39 is 5.82 Å². The fraction of sp³-hybridized carbons (Fsp3) is 0.320. The van der Waals surface area contributed by atoms with Crippen LogP contribution in [0.1, 0.15) is 49.9 Å². The fourth-order valence-corrected chi connectivity index (χ4v) is 5.64. The highest BCUT2D eigenvalue weighted by atomic mass is 32.2. The van der Waals surface area contributed by atoms with Gasteiger partial charge in [-0.2, -0.15) is 15.5 Å². The zero-order valence-corrected chi connectivity index (χ0v) is 20.2. The highest BCUT2D eigenvalue weighted by Gasteiger charge is 2.25. The van der Waals surface area contributed by atoms with Crippen molar-refractivity contribution in [1.82, 2.24) is 29.7 Å². The van der Waals surface area contributed by atoms with Gasteiger partial charge < -0.3 is 5.32 Å². The molecule has 1 amide bonds. The van der Waals surface area contributed by atoms with Crippen molar-refractivity contribution in [2.45, 2.75) is 61.5 Å². The third kappa shape index (κ3) is 4.64. The minimum atomic E-state index is -0.419. The summed E-state index contributed by atoms with van der Waals surface area (Å²) < 4.78 is 18.1. The summed E-state index contributed by atoms with van der Waals surface area (Å²) in [5.41, 5.74) is 3.74. The van der Waals surface area contributed by atoms with E-state index in [1.165, 1.54) is 24.0 Å². The summed E-state index contributed by atoms with van der Waals surface area (Å²) in [4.78, 5) is 16.2. The molecule has 0 atom stereocenters. The lowest BCUT2D eigenvalue weighted by Crippen LogP contribution is -2.36. The van der Waals surface area contributed by atoms with Crippen molar-refractivity contribution in [2.75, 3.05) is 0 Å². The second kappa shape index (κ2) is 9.50.